The Balaban J connectivity index is 1.99. The molecular formula is C25H20Cl3O4P. The number of hydrogen-bond donors (Lipinski definition) is 0. The van der Waals surface area contributed by atoms with Crippen LogP contribution in [0, 0.1) is 0 Å². The fourth-order valence-electron chi connectivity index (χ4n) is 2.97. The molecule has 0 unspecified atom stereocenters. The van der Waals surface area contributed by atoms with Gasteiger partial charge in [0.15, 0.2) is 0 Å². The maximum absolute atomic E-state index is 6.70. The summed E-state index contributed by atoms with van der Waals surface area (Å²) in [4.78, 5) is 0. The van der Waals surface area contributed by atoms with Crippen LogP contribution in [0.25, 0.3) is 0 Å². The number of halogens is 3. The van der Waals surface area contributed by atoms with E-state index in [0.717, 1.165) is 0 Å². The van der Waals surface area contributed by atoms with E-state index in [4.69, 9.17) is 52.9 Å². The summed E-state index contributed by atoms with van der Waals surface area (Å²) >= 11 is 20.1. The topological polar surface area (TPSA) is 36.9 Å². The molecule has 0 aliphatic carbocycles. The van der Waals surface area contributed by atoms with Crippen LogP contribution >= 0.6 is 42.3 Å². The van der Waals surface area contributed by atoms with Gasteiger partial charge in [0.25, 0.3) is 0 Å². The SMILES string of the molecule is ClC(Cl)(Cl)P(Oc1ccccc1)(Oc1ccccc1)(Oc1ccccc1)Oc1ccccc1. The Morgan fingerprint density at radius 3 is 0.788 bits per heavy atom. The Kier molecular flexibility index (Phi) is 6.92. The van der Waals surface area contributed by atoms with Gasteiger partial charge >= 0.3 is 208 Å². The van der Waals surface area contributed by atoms with Gasteiger partial charge in [-0.15, -0.1) is 0 Å². The molecule has 0 amide bonds. The maximum atomic E-state index is 6.70. The molecule has 0 aromatic heterocycles. The van der Waals surface area contributed by atoms with Gasteiger partial charge in [-0.05, 0) is 0 Å². The predicted octanol–water partition coefficient (Wildman–Crippen LogP) is 8.84. The summed E-state index contributed by atoms with van der Waals surface area (Å²) < 4.78 is 23.4. The van der Waals surface area contributed by atoms with Crippen LogP contribution in [0.5, 0.6) is 23.0 Å². The van der Waals surface area contributed by atoms with Crippen LogP contribution < -0.4 is 18.1 Å². The van der Waals surface area contributed by atoms with Crippen molar-refractivity contribution in [3.05, 3.63) is 121 Å². The predicted molar refractivity (Wildman–Crippen MR) is 135 cm³/mol. The summed E-state index contributed by atoms with van der Waals surface area (Å²) in [5, 5.41) is 0. The summed E-state index contributed by atoms with van der Waals surface area (Å²) in [6.07, 6.45) is 0. The molecule has 4 aromatic rings. The molecule has 4 aromatic carbocycles. The molecule has 0 bridgehead atoms. The number of alkyl halides is 3. The molecule has 8 heteroatoms. The van der Waals surface area contributed by atoms with E-state index in [0.29, 0.717) is 23.0 Å². The van der Waals surface area contributed by atoms with Crippen LogP contribution in [0.15, 0.2) is 121 Å². The molecule has 33 heavy (non-hydrogen) atoms. The van der Waals surface area contributed by atoms with Gasteiger partial charge in [-0.25, -0.2) is 0 Å². The minimum absolute atomic E-state index is 0.337. The second kappa shape index (κ2) is 9.70. The van der Waals surface area contributed by atoms with Crippen LogP contribution in [0.2, 0.25) is 0 Å². The molecule has 0 spiro atoms. The van der Waals surface area contributed by atoms with Crippen molar-refractivity contribution in [3.8, 4) is 23.0 Å². The number of hydrogen-bond acceptors (Lipinski definition) is 4. The van der Waals surface area contributed by atoms with E-state index in [2.05, 4.69) is 0 Å². The van der Waals surface area contributed by atoms with Crippen molar-refractivity contribution in [2.75, 3.05) is 0 Å². The third-order valence-corrected chi connectivity index (χ3v) is 9.85. The van der Waals surface area contributed by atoms with Crippen molar-refractivity contribution in [2.45, 2.75) is 3.53 Å². The Bertz CT molecular complexity index is 980. The number of rotatable bonds is 8. The molecule has 4 rings (SSSR count). The Morgan fingerprint density at radius 1 is 0.394 bits per heavy atom. The summed E-state index contributed by atoms with van der Waals surface area (Å²) in [5.41, 5.74) is 0. The Labute approximate surface area is 207 Å². The molecule has 0 atom stereocenters. The minimum atomic E-state index is -5.23. The zero-order valence-electron chi connectivity index (χ0n) is 17.3. The van der Waals surface area contributed by atoms with E-state index in [9.17, 15) is 0 Å². The van der Waals surface area contributed by atoms with E-state index in [1.165, 1.54) is 0 Å². The summed E-state index contributed by atoms with van der Waals surface area (Å²) in [5.74, 6) is 1.35. The van der Waals surface area contributed by atoms with Gasteiger partial charge in [0.2, 0.25) is 0 Å². The quantitative estimate of drug-likeness (QED) is 0.171. The normalized spacial score (nSPS) is 12.8. The van der Waals surface area contributed by atoms with Crippen molar-refractivity contribution in [1.29, 1.82) is 0 Å². The summed E-state index contributed by atoms with van der Waals surface area (Å²) in [7, 11) is -5.23. The van der Waals surface area contributed by atoms with Crippen molar-refractivity contribution < 1.29 is 18.1 Å². The third kappa shape index (κ3) is 5.15. The molecule has 0 aliphatic rings. The average Bonchev–Trinajstić information content (AvgIpc) is 2.81. The van der Waals surface area contributed by atoms with Gasteiger partial charge in [0.1, 0.15) is 0 Å². The van der Waals surface area contributed by atoms with Gasteiger partial charge in [0, 0.05) is 0 Å². The second-order valence-electron chi connectivity index (χ2n) is 6.90. The zero-order valence-corrected chi connectivity index (χ0v) is 20.4. The molecule has 0 saturated carbocycles. The van der Waals surface area contributed by atoms with E-state index in [1.807, 2.05) is 24.3 Å². The van der Waals surface area contributed by atoms with E-state index < -0.39 is 11.0 Å². The second-order valence-corrected chi connectivity index (χ2v) is 13.0. The van der Waals surface area contributed by atoms with Crippen LogP contribution in [0.4, 0.5) is 0 Å². The molecule has 0 radical (unpaired) electrons. The van der Waals surface area contributed by atoms with Gasteiger partial charge in [-0.3, -0.25) is 0 Å². The molecule has 0 heterocycles. The zero-order chi connectivity index (χ0) is 23.2. The van der Waals surface area contributed by atoms with Crippen LogP contribution in [0.1, 0.15) is 0 Å². The monoisotopic (exact) mass is 520 g/mol. The summed E-state index contributed by atoms with van der Waals surface area (Å²) in [6, 6.07) is 35.3. The first kappa shape index (κ1) is 23.5. The Morgan fingerprint density at radius 2 is 0.606 bits per heavy atom. The first-order valence-electron chi connectivity index (χ1n) is 9.98. The molecule has 0 aliphatic heterocycles. The molecule has 170 valence electrons. The van der Waals surface area contributed by atoms with Crippen LogP contribution in [-0.4, -0.2) is 3.53 Å². The fourth-order valence-corrected chi connectivity index (χ4v) is 6.79. The molecule has 4 nitrogen and oxygen atoms in total. The van der Waals surface area contributed by atoms with Crippen LogP contribution in [-0.2, 0) is 0 Å². The first-order valence-corrected chi connectivity index (χ1v) is 13.0. The fraction of sp³-hybridized carbons (Fsp3) is 0.0400. The number of benzene rings is 4. The number of para-hydroxylation sites is 4. The van der Waals surface area contributed by atoms with E-state index in [-0.39, 0.29) is 0 Å². The third-order valence-electron chi connectivity index (χ3n) is 4.44. The van der Waals surface area contributed by atoms with Crippen LogP contribution in [0.3, 0.4) is 0 Å². The molecule has 0 saturated heterocycles. The van der Waals surface area contributed by atoms with E-state index in [1.54, 1.807) is 97.1 Å². The van der Waals surface area contributed by atoms with E-state index >= 15 is 0 Å². The van der Waals surface area contributed by atoms with Crippen molar-refractivity contribution >= 4 is 42.3 Å². The van der Waals surface area contributed by atoms with Crippen molar-refractivity contribution in [1.82, 2.24) is 0 Å². The summed E-state index contributed by atoms with van der Waals surface area (Å²) in [6.45, 7) is 0. The van der Waals surface area contributed by atoms with Gasteiger partial charge in [0.05, 0.1) is 0 Å². The van der Waals surface area contributed by atoms with Crippen molar-refractivity contribution in [3.63, 3.8) is 0 Å². The van der Waals surface area contributed by atoms with Gasteiger partial charge in [-0.1, -0.05) is 0 Å². The van der Waals surface area contributed by atoms with Gasteiger partial charge < -0.3 is 0 Å². The first-order chi connectivity index (χ1) is 15.9. The standard InChI is InChI=1S/C25H20Cl3O4P/c26-25(27,28)33(29-21-13-5-1-6-14-21,30-22-15-7-2-8-16-22,31-23-17-9-3-10-18-23)32-24-19-11-4-12-20-24/h1-20H. The van der Waals surface area contributed by atoms with Gasteiger partial charge in [-0.2, -0.15) is 0 Å². The Hall–Kier alpha value is -2.62. The molecule has 0 fully saturated rings. The molecule has 0 N–H and O–H groups in total. The average molecular weight is 522 g/mol. The molecular weight excluding hydrogens is 502 g/mol. The van der Waals surface area contributed by atoms with Crippen molar-refractivity contribution in [2.24, 2.45) is 0 Å².